The Morgan fingerprint density at radius 2 is 1.56 bits per heavy atom. The van der Waals surface area contributed by atoms with Gasteiger partial charge in [0.05, 0.1) is 6.42 Å². The Morgan fingerprint density at radius 1 is 1.06 bits per heavy atom. The van der Waals surface area contributed by atoms with Crippen LogP contribution in [0.25, 0.3) is 0 Å². The maximum atomic E-state index is 11.3. The fraction of sp³-hybridized carbons (Fsp3) is 0.833. The number of carboxylic acid groups (broad SMARTS) is 1. The number of hydrogen-bond acceptors (Lipinski definition) is 2. The van der Waals surface area contributed by atoms with Crippen molar-refractivity contribution in [3.8, 4) is 0 Å². The van der Waals surface area contributed by atoms with Crippen LogP contribution in [0.2, 0.25) is 0 Å². The van der Waals surface area contributed by atoms with E-state index in [9.17, 15) is 9.59 Å². The highest BCUT2D eigenvalue weighted by Crippen LogP contribution is 2.19. The Bertz CT molecular complexity index is 228. The number of hydrogen-bond donors (Lipinski definition) is 2. The summed E-state index contributed by atoms with van der Waals surface area (Å²) < 4.78 is 0. The molecule has 4 heteroatoms. The highest BCUT2D eigenvalue weighted by molar-refractivity contribution is 5.80. The van der Waals surface area contributed by atoms with Crippen LogP contribution in [-0.2, 0) is 9.59 Å². The van der Waals surface area contributed by atoms with Gasteiger partial charge in [0.25, 0.3) is 0 Å². The molecule has 0 heterocycles. The second-order valence-electron chi connectivity index (χ2n) is 4.85. The van der Waals surface area contributed by atoms with Gasteiger partial charge in [-0.15, -0.1) is 0 Å². The Balaban J connectivity index is 3.92. The fourth-order valence-electron chi connectivity index (χ4n) is 1.78. The predicted molar refractivity (Wildman–Crippen MR) is 63.0 cm³/mol. The van der Waals surface area contributed by atoms with Crippen LogP contribution in [0.15, 0.2) is 0 Å². The van der Waals surface area contributed by atoms with Crippen LogP contribution >= 0.6 is 0 Å². The quantitative estimate of drug-likeness (QED) is 0.700. The van der Waals surface area contributed by atoms with E-state index >= 15 is 0 Å². The summed E-state index contributed by atoms with van der Waals surface area (Å²) in [6, 6.07) is 0. The lowest BCUT2D eigenvalue weighted by atomic mass is 9.85. The van der Waals surface area contributed by atoms with E-state index in [1.165, 1.54) is 0 Å². The molecule has 0 aliphatic rings. The SMILES string of the molecule is CC(C)C(CNC(=O)CCC(=O)O)C(C)C. The molecule has 0 bridgehead atoms. The predicted octanol–water partition coefficient (Wildman–Crippen LogP) is 1.90. The third-order valence-electron chi connectivity index (χ3n) is 2.81. The highest BCUT2D eigenvalue weighted by atomic mass is 16.4. The number of carbonyl (C=O) groups excluding carboxylic acids is 1. The molecule has 0 spiro atoms. The van der Waals surface area contributed by atoms with E-state index < -0.39 is 5.97 Å². The molecule has 0 aromatic rings. The summed E-state index contributed by atoms with van der Waals surface area (Å²) in [5, 5.41) is 11.2. The molecule has 94 valence electrons. The second kappa shape index (κ2) is 7.25. The van der Waals surface area contributed by atoms with Crippen LogP contribution in [0.5, 0.6) is 0 Å². The van der Waals surface area contributed by atoms with Gasteiger partial charge in [-0.25, -0.2) is 0 Å². The maximum absolute atomic E-state index is 11.3. The van der Waals surface area contributed by atoms with Gasteiger partial charge in [0, 0.05) is 13.0 Å². The van der Waals surface area contributed by atoms with Gasteiger partial charge in [-0.05, 0) is 17.8 Å². The Morgan fingerprint density at radius 3 is 1.94 bits per heavy atom. The molecular formula is C12H23NO3. The van der Waals surface area contributed by atoms with Crippen LogP contribution in [0.1, 0.15) is 40.5 Å². The van der Waals surface area contributed by atoms with Gasteiger partial charge in [0.2, 0.25) is 5.91 Å². The Hall–Kier alpha value is -1.06. The Labute approximate surface area is 97.4 Å². The van der Waals surface area contributed by atoms with E-state index in [-0.39, 0.29) is 18.7 Å². The van der Waals surface area contributed by atoms with Gasteiger partial charge in [-0.1, -0.05) is 27.7 Å². The Kier molecular flexibility index (Phi) is 6.77. The van der Waals surface area contributed by atoms with Crippen LogP contribution < -0.4 is 5.32 Å². The fourth-order valence-corrected chi connectivity index (χ4v) is 1.78. The molecule has 0 atom stereocenters. The summed E-state index contributed by atoms with van der Waals surface area (Å²) in [4.78, 5) is 21.6. The molecule has 1 amide bonds. The summed E-state index contributed by atoms with van der Waals surface area (Å²) >= 11 is 0. The molecule has 0 aromatic heterocycles. The first-order valence-corrected chi connectivity index (χ1v) is 5.83. The lowest BCUT2D eigenvalue weighted by Gasteiger charge is -2.24. The number of aliphatic carboxylic acids is 1. The molecule has 0 rings (SSSR count). The maximum Gasteiger partial charge on any atom is 0.303 e. The zero-order valence-corrected chi connectivity index (χ0v) is 10.6. The average molecular weight is 229 g/mol. The molecule has 2 N–H and O–H groups in total. The van der Waals surface area contributed by atoms with Gasteiger partial charge >= 0.3 is 5.97 Å². The number of amides is 1. The van der Waals surface area contributed by atoms with Crippen molar-refractivity contribution >= 4 is 11.9 Å². The zero-order chi connectivity index (χ0) is 12.7. The van der Waals surface area contributed by atoms with Crippen molar-refractivity contribution in [2.75, 3.05) is 6.54 Å². The summed E-state index contributed by atoms with van der Waals surface area (Å²) in [6.07, 6.45) is -0.0297. The van der Waals surface area contributed by atoms with Gasteiger partial charge in [-0.2, -0.15) is 0 Å². The lowest BCUT2D eigenvalue weighted by molar-refractivity contribution is -0.138. The molecule has 0 unspecified atom stereocenters. The van der Waals surface area contributed by atoms with Crippen LogP contribution in [-0.4, -0.2) is 23.5 Å². The zero-order valence-electron chi connectivity index (χ0n) is 10.6. The van der Waals surface area contributed by atoms with Gasteiger partial charge in [0.15, 0.2) is 0 Å². The van der Waals surface area contributed by atoms with Crippen molar-refractivity contribution in [3.63, 3.8) is 0 Å². The van der Waals surface area contributed by atoms with Crippen molar-refractivity contribution in [3.05, 3.63) is 0 Å². The van der Waals surface area contributed by atoms with Gasteiger partial charge in [0.1, 0.15) is 0 Å². The van der Waals surface area contributed by atoms with Crippen molar-refractivity contribution < 1.29 is 14.7 Å². The van der Waals surface area contributed by atoms with E-state index in [1.807, 2.05) is 0 Å². The summed E-state index contributed by atoms with van der Waals surface area (Å²) in [5.41, 5.74) is 0. The smallest absolute Gasteiger partial charge is 0.303 e. The molecule has 0 aliphatic carbocycles. The minimum Gasteiger partial charge on any atom is -0.481 e. The molecule has 0 fully saturated rings. The molecule has 0 aliphatic heterocycles. The van der Waals surface area contributed by atoms with E-state index in [0.717, 1.165) is 0 Å². The molecule has 0 saturated carbocycles. The van der Waals surface area contributed by atoms with Crippen molar-refractivity contribution in [1.82, 2.24) is 5.32 Å². The van der Waals surface area contributed by atoms with E-state index in [2.05, 4.69) is 33.0 Å². The molecule has 0 radical (unpaired) electrons. The van der Waals surface area contributed by atoms with E-state index in [0.29, 0.717) is 24.3 Å². The van der Waals surface area contributed by atoms with Crippen LogP contribution in [0, 0.1) is 17.8 Å². The molecule has 16 heavy (non-hydrogen) atoms. The molecule has 0 aromatic carbocycles. The number of carbonyl (C=O) groups is 2. The highest BCUT2D eigenvalue weighted by Gasteiger charge is 2.18. The topological polar surface area (TPSA) is 66.4 Å². The summed E-state index contributed by atoms with van der Waals surface area (Å²) in [5.74, 6) is 0.362. The van der Waals surface area contributed by atoms with Crippen LogP contribution in [0.4, 0.5) is 0 Å². The van der Waals surface area contributed by atoms with Gasteiger partial charge < -0.3 is 10.4 Å². The minimum absolute atomic E-state index is 0.0677. The minimum atomic E-state index is -0.931. The van der Waals surface area contributed by atoms with Crippen molar-refractivity contribution in [2.24, 2.45) is 17.8 Å². The first-order chi connectivity index (χ1) is 7.34. The van der Waals surface area contributed by atoms with Gasteiger partial charge in [-0.3, -0.25) is 9.59 Å². The van der Waals surface area contributed by atoms with Crippen molar-refractivity contribution in [1.29, 1.82) is 0 Å². The van der Waals surface area contributed by atoms with Crippen LogP contribution in [0.3, 0.4) is 0 Å². The molecule has 4 nitrogen and oxygen atoms in total. The second-order valence-corrected chi connectivity index (χ2v) is 4.85. The molecule has 0 saturated heterocycles. The van der Waals surface area contributed by atoms with Crippen molar-refractivity contribution in [2.45, 2.75) is 40.5 Å². The van der Waals surface area contributed by atoms with E-state index in [1.54, 1.807) is 0 Å². The van der Waals surface area contributed by atoms with E-state index in [4.69, 9.17) is 5.11 Å². The molecular weight excluding hydrogens is 206 g/mol. The lowest BCUT2D eigenvalue weighted by Crippen LogP contribution is -2.34. The largest absolute Gasteiger partial charge is 0.481 e. The standard InChI is InChI=1S/C12H23NO3/c1-8(2)10(9(3)4)7-13-11(14)5-6-12(15)16/h8-10H,5-7H2,1-4H3,(H,13,14)(H,15,16). The monoisotopic (exact) mass is 229 g/mol. The number of nitrogens with one attached hydrogen (secondary N) is 1. The first-order valence-electron chi connectivity index (χ1n) is 5.83. The first kappa shape index (κ1) is 14.9. The summed E-state index contributed by atoms with van der Waals surface area (Å²) in [6.45, 7) is 9.16. The normalized spacial score (nSPS) is 11.2. The third-order valence-corrected chi connectivity index (χ3v) is 2.81. The number of rotatable bonds is 7. The number of carboxylic acids is 1. The third kappa shape index (κ3) is 6.43. The summed E-state index contributed by atoms with van der Waals surface area (Å²) in [7, 11) is 0. The average Bonchev–Trinajstić information content (AvgIpc) is 2.13.